The molecule has 1 heterocycles. The maximum Gasteiger partial charge on any atom is 0.280 e. The molecule has 7 nitrogen and oxygen atoms in total. The fraction of sp³-hybridized carbons (Fsp3) is 0. The van der Waals surface area contributed by atoms with Crippen LogP contribution in [-0.2, 0) is 0 Å². The second-order valence-corrected chi connectivity index (χ2v) is 8.22. The highest BCUT2D eigenvalue weighted by atomic mass is 16.2. The fourth-order valence-corrected chi connectivity index (χ4v) is 3.76. The first kappa shape index (κ1) is 23.4. The smallest absolute Gasteiger partial charge is 0.280 e. The van der Waals surface area contributed by atoms with Crippen LogP contribution in [0.4, 0.5) is 11.5 Å². The average molecular weight is 487 g/mol. The standard InChI is InChI=1S/C30H22N4O3/c35-28(22-10-4-1-5-11-22)31-25-18-16-21(17-19-25)26-20-27(32-29(36)23-12-6-2-7-13-23)34(33-26)30(37)24-14-8-3-9-15-24/h1-20H,(H,31,35)(H,32,36). The minimum absolute atomic E-state index is 0.211. The Bertz CT molecular complexity index is 1550. The molecule has 0 saturated carbocycles. The van der Waals surface area contributed by atoms with E-state index in [4.69, 9.17) is 0 Å². The van der Waals surface area contributed by atoms with Crippen molar-refractivity contribution in [3.05, 3.63) is 138 Å². The largest absolute Gasteiger partial charge is 0.322 e. The van der Waals surface area contributed by atoms with E-state index in [1.54, 1.807) is 103 Å². The van der Waals surface area contributed by atoms with Gasteiger partial charge in [-0.05, 0) is 48.5 Å². The van der Waals surface area contributed by atoms with Crippen molar-refractivity contribution in [1.29, 1.82) is 0 Å². The van der Waals surface area contributed by atoms with Gasteiger partial charge in [0.25, 0.3) is 17.7 Å². The summed E-state index contributed by atoms with van der Waals surface area (Å²) in [7, 11) is 0. The van der Waals surface area contributed by atoms with Crippen LogP contribution in [0.5, 0.6) is 0 Å². The lowest BCUT2D eigenvalue weighted by atomic mass is 10.1. The molecule has 0 aliphatic carbocycles. The number of carbonyl (C=O) groups excluding carboxylic acids is 3. The topological polar surface area (TPSA) is 93.1 Å². The number of benzene rings is 4. The van der Waals surface area contributed by atoms with E-state index in [0.717, 1.165) is 0 Å². The Morgan fingerprint density at radius 3 is 1.59 bits per heavy atom. The zero-order chi connectivity index (χ0) is 25.6. The molecule has 37 heavy (non-hydrogen) atoms. The van der Waals surface area contributed by atoms with Crippen LogP contribution in [-0.4, -0.2) is 27.5 Å². The van der Waals surface area contributed by atoms with Crippen LogP contribution in [0.1, 0.15) is 31.1 Å². The highest BCUT2D eigenvalue weighted by Crippen LogP contribution is 2.25. The Labute approximate surface area is 213 Å². The molecule has 0 aliphatic rings. The summed E-state index contributed by atoms with van der Waals surface area (Å²) in [5.41, 5.74) is 3.29. The molecule has 0 bridgehead atoms. The Balaban J connectivity index is 1.43. The van der Waals surface area contributed by atoms with E-state index >= 15 is 0 Å². The maximum atomic E-state index is 13.2. The van der Waals surface area contributed by atoms with Crippen molar-refractivity contribution in [3.8, 4) is 11.3 Å². The number of hydrogen-bond donors (Lipinski definition) is 2. The molecule has 1 aromatic heterocycles. The van der Waals surface area contributed by atoms with Crippen molar-refractivity contribution in [2.45, 2.75) is 0 Å². The Morgan fingerprint density at radius 2 is 1.05 bits per heavy atom. The van der Waals surface area contributed by atoms with Crippen LogP contribution in [0, 0.1) is 0 Å². The van der Waals surface area contributed by atoms with Gasteiger partial charge < -0.3 is 10.6 Å². The second-order valence-electron chi connectivity index (χ2n) is 8.22. The van der Waals surface area contributed by atoms with Crippen molar-refractivity contribution in [3.63, 3.8) is 0 Å². The SMILES string of the molecule is O=C(Nc1ccc(-c2cc(NC(=O)c3ccccc3)n(C(=O)c3ccccc3)n2)cc1)c1ccccc1. The number of rotatable bonds is 6. The first-order valence-corrected chi connectivity index (χ1v) is 11.6. The molecule has 180 valence electrons. The molecule has 4 aromatic carbocycles. The van der Waals surface area contributed by atoms with Crippen molar-refractivity contribution in [2.24, 2.45) is 0 Å². The molecule has 2 amide bonds. The van der Waals surface area contributed by atoms with Gasteiger partial charge in [-0.25, -0.2) is 0 Å². The van der Waals surface area contributed by atoms with Crippen LogP contribution in [0.3, 0.4) is 0 Å². The summed E-state index contributed by atoms with van der Waals surface area (Å²) in [6, 6.07) is 35.2. The minimum atomic E-state index is -0.373. The molecule has 5 aromatic rings. The van der Waals surface area contributed by atoms with Crippen LogP contribution in [0.2, 0.25) is 0 Å². The van der Waals surface area contributed by atoms with Gasteiger partial charge in [-0.3, -0.25) is 14.4 Å². The van der Waals surface area contributed by atoms with Gasteiger partial charge in [0.2, 0.25) is 0 Å². The predicted molar refractivity (Wildman–Crippen MR) is 143 cm³/mol. The lowest BCUT2D eigenvalue weighted by Gasteiger charge is -2.08. The van der Waals surface area contributed by atoms with Gasteiger partial charge in [0.15, 0.2) is 0 Å². The van der Waals surface area contributed by atoms with E-state index in [1.165, 1.54) is 4.68 Å². The first-order valence-electron chi connectivity index (χ1n) is 11.6. The molecule has 0 radical (unpaired) electrons. The monoisotopic (exact) mass is 486 g/mol. The lowest BCUT2D eigenvalue weighted by molar-refractivity contribution is 0.0946. The minimum Gasteiger partial charge on any atom is -0.322 e. The molecule has 0 spiro atoms. The average Bonchev–Trinajstić information content (AvgIpc) is 3.38. The zero-order valence-corrected chi connectivity index (χ0v) is 19.7. The van der Waals surface area contributed by atoms with Crippen molar-refractivity contribution >= 4 is 29.2 Å². The van der Waals surface area contributed by atoms with Crippen LogP contribution >= 0.6 is 0 Å². The Hall–Kier alpha value is -5.30. The van der Waals surface area contributed by atoms with E-state index in [9.17, 15) is 14.4 Å². The molecular formula is C30H22N4O3. The van der Waals surface area contributed by atoms with Gasteiger partial charge in [0.1, 0.15) is 5.82 Å². The Kier molecular flexibility index (Phi) is 6.67. The number of nitrogens with zero attached hydrogens (tertiary/aromatic N) is 2. The molecular weight excluding hydrogens is 464 g/mol. The van der Waals surface area contributed by atoms with Gasteiger partial charge in [-0.15, -0.1) is 0 Å². The summed E-state index contributed by atoms with van der Waals surface area (Å²) in [4.78, 5) is 38.5. The summed E-state index contributed by atoms with van der Waals surface area (Å²) >= 11 is 0. The molecule has 7 heteroatoms. The number of carbonyl (C=O) groups is 3. The van der Waals surface area contributed by atoms with Gasteiger partial charge in [-0.2, -0.15) is 9.78 Å². The molecule has 0 atom stereocenters. The fourth-order valence-electron chi connectivity index (χ4n) is 3.76. The second kappa shape index (κ2) is 10.5. The van der Waals surface area contributed by atoms with Crippen molar-refractivity contribution < 1.29 is 14.4 Å². The number of hydrogen-bond acceptors (Lipinski definition) is 4. The third-order valence-corrected chi connectivity index (χ3v) is 5.67. The lowest BCUT2D eigenvalue weighted by Crippen LogP contribution is -2.20. The Morgan fingerprint density at radius 1 is 0.568 bits per heavy atom. The van der Waals surface area contributed by atoms with Gasteiger partial charge >= 0.3 is 0 Å². The van der Waals surface area contributed by atoms with Crippen LogP contribution in [0.25, 0.3) is 11.3 Å². The molecule has 5 rings (SSSR count). The first-order chi connectivity index (χ1) is 18.1. The van der Waals surface area contributed by atoms with Crippen LogP contribution < -0.4 is 10.6 Å². The molecule has 0 unspecified atom stereocenters. The molecule has 0 saturated heterocycles. The molecule has 2 N–H and O–H groups in total. The third-order valence-electron chi connectivity index (χ3n) is 5.67. The highest BCUT2D eigenvalue weighted by molar-refractivity contribution is 6.06. The maximum absolute atomic E-state index is 13.2. The van der Waals surface area contributed by atoms with Crippen molar-refractivity contribution in [2.75, 3.05) is 10.6 Å². The van der Waals surface area contributed by atoms with E-state index in [1.807, 2.05) is 18.2 Å². The van der Waals surface area contributed by atoms with E-state index in [2.05, 4.69) is 15.7 Å². The van der Waals surface area contributed by atoms with E-state index in [0.29, 0.717) is 33.6 Å². The summed E-state index contributed by atoms with van der Waals surface area (Å²) < 4.78 is 1.19. The normalized spacial score (nSPS) is 10.5. The number of amides is 2. The molecule has 0 aliphatic heterocycles. The quantitative estimate of drug-likeness (QED) is 0.320. The number of nitrogens with one attached hydrogen (secondary N) is 2. The van der Waals surface area contributed by atoms with E-state index in [-0.39, 0.29) is 23.5 Å². The number of aromatic nitrogens is 2. The third kappa shape index (κ3) is 5.36. The molecule has 0 fully saturated rings. The summed E-state index contributed by atoms with van der Waals surface area (Å²) in [6.07, 6.45) is 0. The van der Waals surface area contributed by atoms with Gasteiger partial charge in [0.05, 0.1) is 5.69 Å². The number of anilines is 2. The van der Waals surface area contributed by atoms with Gasteiger partial charge in [0, 0.05) is 34.0 Å². The van der Waals surface area contributed by atoms with Crippen molar-refractivity contribution in [1.82, 2.24) is 9.78 Å². The van der Waals surface area contributed by atoms with Gasteiger partial charge in [-0.1, -0.05) is 66.7 Å². The highest BCUT2D eigenvalue weighted by Gasteiger charge is 2.19. The van der Waals surface area contributed by atoms with Crippen LogP contribution in [0.15, 0.2) is 121 Å². The summed E-state index contributed by atoms with van der Waals surface area (Å²) in [6.45, 7) is 0. The summed E-state index contributed by atoms with van der Waals surface area (Å²) in [5, 5.41) is 10.2. The predicted octanol–water partition coefficient (Wildman–Crippen LogP) is 5.74. The summed E-state index contributed by atoms with van der Waals surface area (Å²) in [5.74, 6) is -0.689. The van der Waals surface area contributed by atoms with E-state index < -0.39 is 0 Å². The zero-order valence-electron chi connectivity index (χ0n) is 19.7.